The second-order valence-corrected chi connectivity index (χ2v) is 3.56. The van der Waals surface area contributed by atoms with Gasteiger partial charge in [-0.3, -0.25) is 4.79 Å². The van der Waals surface area contributed by atoms with E-state index in [9.17, 15) is 4.79 Å². The molecule has 0 aromatic carbocycles. The molecule has 2 fully saturated rings. The Morgan fingerprint density at radius 1 is 1.55 bits per heavy atom. The van der Waals surface area contributed by atoms with Crippen LogP contribution in [0.4, 0.5) is 0 Å². The Labute approximate surface area is 65.8 Å². The number of hydrogen-bond donors (Lipinski definition) is 2. The third-order valence-electron chi connectivity index (χ3n) is 2.71. The molecule has 2 atom stereocenters. The minimum atomic E-state index is 0.0509. The Bertz CT molecular complexity index is 177. The summed E-state index contributed by atoms with van der Waals surface area (Å²) in [6, 6.07) is 0.0509. The highest BCUT2D eigenvalue weighted by Crippen LogP contribution is 2.41. The molecule has 1 amide bonds. The highest BCUT2D eigenvalue weighted by Gasteiger charge is 2.41. The Morgan fingerprint density at radius 3 is 2.82 bits per heavy atom. The zero-order valence-electron chi connectivity index (χ0n) is 6.42. The lowest BCUT2D eigenvalue weighted by atomic mass is 9.96. The summed E-state index contributed by atoms with van der Waals surface area (Å²) < 4.78 is 0. The highest BCUT2D eigenvalue weighted by molar-refractivity contribution is 5.79. The lowest BCUT2D eigenvalue weighted by Gasteiger charge is -2.14. The van der Waals surface area contributed by atoms with Gasteiger partial charge < -0.3 is 10.4 Å². The van der Waals surface area contributed by atoms with Gasteiger partial charge >= 0.3 is 0 Å². The maximum Gasteiger partial charge on any atom is 0.220 e. The maximum atomic E-state index is 10.9. The van der Waals surface area contributed by atoms with Gasteiger partial charge in [-0.1, -0.05) is 0 Å². The average Bonchev–Trinajstić information content (AvgIpc) is 2.75. The average molecular weight is 155 g/mol. The van der Waals surface area contributed by atoms with Crippen molar-refractivity contribution in [3.05, 3.63) is 0 Å². The Balaban J connectivity index is 2.00. The van der Waals surface area contributed by atoms with Gasteiger partial charge in [-0.2, -0.15) is 0 Å². The van der Waals surface area contributed by atoms with E-state index in [2.05, 4.69) is 5.32 Å². The van der Waals surface area contributed by atoms with Crippen LogP contribution in [0.25, 0.3) is 0 Å². The van der Waals surface area contributed by atoms with E-state index in [0.717, 1.165) is 0 Å². The third-order valence-corrected chi connectivity index (χ3v) is 2.71. The SMILES string of the molecule is O=C1CC(C2CC2)[C@@H](CO)N1. The van der Waals surface area contributed by atoms with Crippen LogP contribution in [0.3, 0.4) is 0 Å². The summed E-state index contributed by atoms with van der Waals surface area (Å²) >= 11 is 0. The van der Waals surface area contributed by atoms with Gasteiger partial charge in [-0.15, -0.1) is 0 Å². The molecule has 1 saturated heterocycles. The van der Waals surface area contributed by atoms with Crippen LogP contribution < -0.4 is 5.32 Å². The molecule has 1 aliphatic carbocycles. The van der Waals surface area contributed by atoms with Gasteiger partial charge in [-0.05, 0) is 24.7 Å². The summed E-state index contributed by atoms with van der Waals surface area (Å²) in [6.07, 6.45) is 3.13. The summed E-state index contributed by atoms with van der Waals surface area (Å²) in [6.45, 7) is 0.104. The van der Waals surface area contributed by atoms with Gasteiger partial charge in [-0.25, -0.2) is 0 Å². The molecule has 0 aromatic rings. The third kappa shape index (κ3) is 1.25. The second kappa shape index (κ2) is 2.48. The van der Waals surface area contributed by atoms with Crippen LogP contribution in [0.2, 0.25) is 0 Å². The number of rotatable bonds is 2. The van der Waals surface area contributed by atoms with Crippen LogP contribution in [0.15, 0.2) is 0 Å². The maximum absolute atomic E-state index is 10.9. The fourth-order valence-electron chi connectivity index (χ4n) is 1.93. The molecule has 0 radical (unpaired) electrons. The van der Waals surface area contributed by atoms with Gasteiger partial charge in [0.15, 0.2) is 0 Å². The van der Waals surface area contributed by atoms with Gasteiger partial charge in [0.25, 0.3) is 0 Å². The molecule has 0 bridgehead atoms. The minimum absolute atomic E-state index is 0.0509. The van der Waals surface area contributed by atoms with E-state index in [1.54, 1.807) is 0 Å². The van der Waals surface area contributed by atoms with E-state index in [-0.39, 0.29) is 18.6 Å². The molecule has 62 valence electrons. The van der Waals surface area contributed by atoms with Crippen molar-refractivity contribution < 1.29 is 9.90 Å². The zero-order valence-corrected chi connectivity index (χ0v) is 6.42. The van der Waals surface area contributed by atoms with E-state index in [4.69, 9.17) is 5.11 Å². The Morgan fingerprint density at radius 2 is 2.27 bits per heavy atom. The highest BCUT2D eigenvalue weighted by atomic mass is 16.3. The molecule has 3 nitrogen and oxygen atoms in total. The predicted octanol–water partition coefficient (Wildman–Crippen LogP) is -0.107. The molecule has 11 heavy (non-hydrogen) atoms. The fraction of sp³-hybridized carbons (Fsp3) is 0.875. The first-order valence-electron chi connectivity index (χ1n) is 4.21. The van der Waals surface area contributed by atoms with Crippen LogP contribution in [-0.4, -0.2) is 23.7 Å². The molecule has 1 heterocycles. The number of carbonyl (C=O) groups is 1. The number of nitrogens with one attached hydrogen (secondary N) is 1. The van der Waals surface area contributed by atoms with E-state index >= 15 is 0 Å². The van der Waals surface area contributed by atoms with Crippen molar-refractivity contribution in [1.29, 1.82) is 0 Å². The second-order valence-electron chi connectivity index (χ2n) is 3.56. The van der Waals surface area contributed by atoms with Crippen molar-refractivity contribution in [3.8, 4) is 0 Å². The van der Waals surface area contributed by atoms with Crippen molar-refractivity contribution in [2.24, 2.45) is 11.8 Å². The Kier molecular flexibility index (Phi) is 1.60. The molecule has 1 saturated carbocycles. The van der Waals surface area contributed by atoms with Crippen LogP contribution in [0.1, 0.15) is 19.3 Å². The zero-order chi connectivity index (χ0) is 7.84. The molecular formula is C8H13NO2. The predicted molar refractivity (Wildman–Crippen MR) is 39.8 cm³/mol. The van der Waals surface area contributed by atoms with E-state index in [1.807, 2.05) is 0 Å². The summed E-state index contributed by atoms with van der Waals surface area (Å²) in [7, 11) is 0. The normalized spacial score (nSPS) is 37.4. The largest absolute Gasteiger partial charge is 0.394 e. The van der Waals surface area contributed by atoms with Crippen molar-refractivity contribution in [3.63, 3.8) is 0 Å². The van der Waals surface area contributed by atoms with Gasteiger partial charge in [0.2, 0.25) is 5.91 Å². The molecule has 2 rings (SSSR count). The molecule has 0 aromatic heterocycles. The van der Waals surface area contributed by atoms with Gasteiger partial charge in [0.1, 0.15) is 0 Å². The van der Waals surface area contributed by atoms with Crippen molar-refractivity contribution in [1.82, 2.24) is 5.32 Å². The lowest BCUT2D eigenvalue weighted by Crippen LogP contribution is -2.33. The van der Waals surface area contributed by atoms with E-state index in [1.165, 1.54) is 12.8 Å². The number of amides is 1. The Hall–Kier alpha value is -0.570. The monoisotopic (exact) mass is 155 g/mol. The van der Waals surface area contributed by atoms with Gasteiger partial charge in [0.05, 0.1) is 12.6 Å². The minimum Gasteiger partial charge on any atom is -0.394 e. The smallest absolute Gasteiger partial charge is 0.220 e. The molecule has 2 aliphatic rings. The molecule has 3 heteroatoms. The number of aliphatic hydroxyl groups excluding tert-OH is 1. The molecular weight excluding hydrogens is 142 g/mol. The van der Waals surface area contributed by atoms with E-state index < -0.39 is 0 Å². The first-order chi connectivity index (χ1) is 5.31. The van der Waals surface area contributed by atoms with E-state index in [0.29, 0.717) is 18.3 Å². The molecule has 1 unspecified atom stereocenters. The molecule has 2 N–H and O–H groups in total. The first kappa shape index (κ1) is 7.10. The quantitative estimate of drug-likeness (QED) is 0.584. The fourth-order valence-corrected chi connectivity index (χ4v) is 1.93. The summed E-state index contributed by atoms with van der Waals surface area (Å²) in [5.41, 5.74) is 0. The van der Waals surface area contributed by atoms with Crippen molar-refractivity contribution >= 4 is 5.91 Å². The number of aliphatic hydroxyl groups is 1. The van der Waals surface area contributed by atoms with Crippen LogP contribution in [0, 0.1) is 11.8 Å². The van der Waals surface area contributed by atoms with Gasteiger partial charge in [0, 0.05) is 6.42 Å². The topological polar surface area (TPSA) is 49.3 Å². The van der Waals surface area contributed by atoms with Crippen LogP contribution in [0.5, 0.6) is 0 Å². The van der Waals surface area contributed by atoms with Crippen molar-refractivity contribution in [2.75, 3.05) is 6.61 Å². The van der Waals surface area contributed by atoms with Crippen molar-refractivity contribution in [2.45, 2.75) is 25.3 Å². The summed E-state index contributed by atoms with van der Waals surface area (Å²) in [5, 5.41) is 11.7. The van der Waals surface area contributed by atoms with Crippen LogP contribution >= 0.6 is 0 Å². The molecule has 0 spiro atoms. The van der Waals surface area contributed by atoms with Crippen LogP contribution in [-0.2, 0) is 4.79 Å². The lowest BCUT2D eigenvalue weighted by molar-refractivity contribution is -0.119. The first-order valence-corrected chi connectivity index (χ1v) is 4.21. The number of hydrogen-bond acceptors (Lipinski definition) is 2. The standard InChI is InChI=1S/C8H13NO2/c10-4-7-6(5-1-2-5)3-8(11)9-7/h5-7,10H,1-4H2,(H,9,11)/t6?,7-/m1/s1. The molecule has 1 aliphatic heterocycles. The summed E-state index contributed by atoms with van der Waals surface area (Å²) in [5.74, 6) is 1.25. The summed E-state index contributed by atoms with van der Waals surface area (Å²) in [4.78, 5) is 10.9. The number of carbonyl (C=O) groups excluding carboxylic acids is 1.